The maximum Gasteiger partial charge on any atom is 0.173 e. The highest BCUT2D eigenvalue weighted by atomic mass is 16.4. The van der Waals surface area contributed by atoms with Crippen molar-refractivity contribution in [3.8, 4) is 5.75 Å². The third-order valence-electron chi connectivity index (χ3n) is 2.44. The van der Waals surface area contributed by atoms with E-state index in [-0.39, 0.29) is 11.6 Å². The fourth-order valence-electron chi connectivity index (χ4n) is 1.58. The summed E-state index contributed by atoms with van der Waals surface area (Å²) in [6, 6.07) is 5.09. The number of phenols is 1. The second-order valence-electron chi connectivity index (χ2n) is 3.55. The molecule has 0 saturated heterocycles. The fourth-order valence-corrected chi connectivity index (χ4v) is 1.58. The molecule has 2 rings (SSSR count). The highest BCUT2D eigenvalue weighted by Gasteiger charge is 2.11. The van der Waals surface area contributed by atoms with Crippen LogP contribution in [0.5, 0.6) is 5.75 Å². The number of nitrogens with one attached hydrogen (secondary N) is 1. The van der Waals surface area contributed by atoms with Crippen molar-refractivity contribution in [2.24, 2.45) is 10.9 Å². The molecular formula is C11H12N4O2. The van der Waals surface area contributed by atoms with Gasteiger partial charge < -0.3 is 21.0 Å². The lowest BCUT2D eigenvalue weighted by molar-refractivity contribution is 0.318. The Morgan fingerprint density at radius 3 is 2.94 bits per heavy atom. The van der Waals surface area contributed by atoms with Gasteiger partial charge in [0.25, 0.3) is 0 Å². The van der Waals surface area contributed by atoms with E-state index < -0.39 is 0 Å². The van der Waals surface area contributed by atoms with Crippen LogP contribution < -0.4 is 5.73 Å². The molecule has 0 fully saturated rings. The van der Waals surface area contributed by atoms with Crippen molar-refractivity contribution in [2.45, 2.75) is 6.42 Å². The van der Waals surface area contributed by atoms with Crippen molar-refractivity contribution in [3.63, 3.8) is 0 Å². The summed E-state index contributed by atoms with van der Waals surface area (Å²) in [6.07, 6.45) is 3.74. The predicted octanol–water partition coefficient (Wildman–Crippen LogP) is 0.801. The van der Waals surface area contributed by atoms with Gasteiger partial charge in [-0.2, -0.15) is 0 Å². The number of benzene rings is 1. The van der Waals surface area contributed by atoms with Gasteiger partial charge in [-0.25, -0.2) is 4.98 Å². The monoisotopic (exact) mass is 232 g/mol. The van der Waals surface area contributed by atoms with Gasteiger partial charge in [0.2, 0.25) is 0 Å². The number of oxime groups is 1. The first kappa shape index (κ1) is 11.0. The molecule has 1 aromatic carbocycles. The summed E-state index contributed by atoms with van der Waals surface area (Å²) in [5.74, 6) is -0.105. The summed E-state index contributed by atoms with van der Waals surface area (Å²) < 4.78 is 0. The minimum atomic E-state index is -0.117. The van der Waals surface area contributed by atoms with Crippen LogP contribution in [-0.4, -0.2) is 26.1 Å². The van der Waals surface area contributed by atoms with Crippen LogP contribution in [-0.2, 0) is 6.42 Å². The van der Waals surface area contributed by atoms with Crippen LogP contribution in [0.1, 0.15) is 16.8 Å². The average molecular weight is 232 g/mol. The van der Waals surface area contributed by atoms with Crippen LogP contribution in [0.4, 0.5) is 0 Å². The molecule has 5 N–H and O–H groups in total. The number of nitrogens with zero attached hydrogens (tertiary/aromatic N) is 2. The van der Waals surface area contributed by atoms with Crippen LogP contribution >= 0.6 is 0 Å². The maximum absolute atomic E-state index is 9.98. The van der Waals surface area contributed by atoms with E-state index in [1.54, 1.807) is 30.7 Å². The molecule has 0 aliphatic carbocycles. The van der Waals surface area contributed by atoms with Crippen molar-refractivity contribution in [1.29, 1.82) is 0 Å². The van der Waals surface area contributed by atoms with E-state index in [9.17, 15) is 5.11 Å². The van der Waals surface area contributed by atoms with Crippen LogP contribution in [0.2, 0.25) is 0 Å². The summed E-state index contributed by atoms with van der Waals surface area (Å²) in [6.45, 7) is 0. The number of aromatic amines is 1. The van der Waals surface area contributed by atoms with E-state index in [1.165, 1.54) is 0 Å². The largest absolute Gasteiger partial charge is 0.507 e. The molecule has 0 spiro atoms. The standard InChI is InChI=1S/C11H12N4O2/c12-11(15-17)9-3-1-2-7(10(9)16)4-8-5-13-6-14-8/h1-3,5-6,16-17H,4H2,(H2,12,15)(H,13,14). The Bertz CT molecular complexity index is 534. The zero-order chi connectivity index (χ0) is 12.3. The number of phenolic OH excluding ortho intramolecular Hbond substituents is 1. The van der Waals surface area contributed by atoms with Gasteiger partial charge in [-0.05, 0) is 6.07 Å². The minimum absolute atomic E-state index is 0.0115. The topological polar surface area (TPSA) is 108 Å². The summed E-state index contributed by atoms with van der Waals surface area (Å²) in [7, 11) is 0. The number of H-pyrrole nitrogens is 1. The zero-order valence-corrected chi connectivity index (χ0v) is 8.96. The lowest BCUT2D eigenvalue weighted by Gasteiger charge is -2.07. The van der Waals surface area contributed by atoms with Crippen molar-refractivity contribution < 1.29 is 10.3 Å². The first-order valence-electron chi connectivity index (χ1n) is 4.98. The number of aromatic hydroxyl groups is 1. The Morgan fingerprint density at radius 2 is 2.29 bits per heavy atom. The van der Waals surface area contributed by atoms with Crippen LogP contribution in [0.25, 0.3) is 0 Å². The predicted molar refractivity (Wildman–Crippen MR) is 62.0 cm³/mol. The van der Waals surface area contributed by atoms with E-state index in [1.807, 2.05) is 0 Å². The van der Waals surface area contributed by atoms with Crippen LogP contribution in [0, 0.1) is 0 Å². The summed E-state index contributed by atoms with van der Waals surface area (Å²) in [5, 5.41) is 21.5. The zero-order valence-electron chi connectivity index (χ0n) is 8.96. The van der Waals surface area contributed by atoms with Gasteiger partial charge in [0, 0.05) is 23.9 Å². The van der Waals surface area contributed by atoms with Crippen molar-refractivity contribution >= 4 is 5.84 Å². The number of amidine groups is 1. The molecule has 1 heterocycles. The van der Waals surface area contributed by atoms with E-state index >= 15 is 0 Å². The van der Waals surface area contributed by atoms with Gasteiger partial charge in [0.05, 0.1) is 11.9 Å². The molecule has 88 valence electrons. The minimum Gasteiger partial charge on any atom is -0.507 e. The Hall–Kier alpha value is -2.50. The molecule has 0 saturated carbocycles. The molecule has 0 bridgehead atoms. The number of para-hydroxylation sites is 1. The van der Waals surface area contributed by atoms with Crippen LogP contribution in [0.3, 0.4) is 0 Å². The number of aromatic nitrogens is 2. The van der Waals surface area contributed by atoms with Crippen molar-refractivity contribution in [3.05, 3.63) is 47.5 Å². The quantitative estimate of drug-likeness (QED) is 0.272. The first-order valence-corrected chi connectivity index (χ1v) is 4.98. The Balaban J connectivity index is 2.36. The molecular weight excluding hydrogens is 220 g/mol. The molecule has 0 unspecified atom stereocenters. The second kappa shape index (κ2) is 4.56. The van der Waals surface area contributed by atoms with E-state index in [0.29, 0.717) is 17.5 Å². The van der Waals surface area contributed by atoms with E-state index in [0.717, 1.165) is 5.69 Å². The first-order chi connectivity index (χ1) is 8.22. The Morgan fingerprint density at radius 1 is 1.47 bits per heavy atom. The van der Waals surface area contributed by atoms with Gasteiger partial charge >= 0.3 is 0 Å². The highest BCUT2D eigenvalue weighted by Crippen LogP contribution is 2.24. The molecule has 0 aliphatic rings. The SMILES string of the molecule is NC(=NO)c1cccc(Cc2cnc[nH]2)c1O. The number of imidazole rings is 1. The van der Waals surface area contributed by atoms with E-state index in [2.05, 4.69) is 15.1 Å². The molecule has 2 aromatic rings. The van der Waals surface area contributed by atoms with Crippen molar-refractivity contribution in [2.75, 3.05) is 0 Å². The Labute approximate surface area is 97.4 Å². The third-order valence-corrected chi connectivity index (χ3v) is 2.44. The van der Waals surface area contributed by atoms with Crippen LogP contribution in [0.15, 0.2) is 35.9 Å². The fraction of sp³-hybridized carbons (Fsp3) is 0.0909. The molecule has 17 heavy (non-hydrogen) atoms. The Kier molecular flexibility index (Phi) is 2.95. The van der Waals surface area contributed by atoms with Crippen molar-refractivity contribution in [1.82, 2.24) is 9.97 Å². The third kappa shape index (κ3) is 2.20. The smallest absolute Gasteiger partial charge is 0.173 e. The summed E-state index contributed by atoms with van der Waals surface area (Å²) >= 11 is 0. The van der Waals surface area contributed by atoms with Gasteiger partial charge in [0.1, 0.15) is 5.75 Å². The lowest BCUT2D eigenvalue weighted by Crippen LogP contribution is -2.13. The molecule has 0 aliphatic heterocycles. The van der Waals surface area contributed by atoms with Gasteiger partial charge in [0.15, 0.2) is 5.84 Å². The highest BCUT2D eigenvalue weighted by molar-refractivity contribution is 5.99. The normalized spacial score (nSPS) is 11.6. The van der Waals surface area contributed by atoms with E-state index in [4.69, 9.17) is 10.9 Å². The number of nitrogens with two attached hydrogens (primary N) is 1. The number of rotatable bonds is 3. The number of hydrogen-bond acceptors (Lipinski definition) is 4. The average Bonchev–Trinajstić information content (AvgIpc) is 2.84. The van der Waals surface area contributed by atoms with Gasteiger partial charge in [-0.15, -0.1) is 0 Å². The number of hydrogen-bond donors (Lipinski definition) is 4. The maximum atomic E-state index is 9.98. The molecule has 0 amide bonds. The summed E-state index contributed by atoms with van der Waals surface area (Å²) in [5.41, 5.74) is 7.32. The second-order valence-corrected chi connectivity index (χ2v) is 3.55. The molecule has 1 aromatic heterocycles. The molecule has 6 heteroatoms. The van der Waals surface area contributed by atoms with Gasteiger partial charge in [-0.1, -0.05) is 17.3 Å². The molecule has 0 radical (unpaired) electrons. The lowest BCUT2D eigenvalue weighted by atomic mass is 10.0. The molecule has 0 atom stereocenters. The molecule has 6 nitrogen and oxygen atoms in total. The summed E-state index contributed by atoms with van der Waals surface area (Å²) in [4.78, 5) is 6.84. The van der Waals surface area contributed by atoms with Gasteiger partial charge in [-0.3, -0.25) is 0 Å².